The van der Waals surface area contributed by atoms with Crippen LogP contribution >= 0.6 is 11.6 Å². The van der Waals surface area contributed by atoms with Gasteiger partial charge in [-0.05, 0) is 24.3 Å². The third-order valence-corrected chi connectivity index (χ3v) is 4.12. The van der Waals surface area contributed by atoms with Crippen LogP contribution in [0.4, 0.5) is 0 Å². The summed E-state index contributed by atoms with van der Waals surface area (Å²) in [7, 11) is 0. The van der Waals surface area contributed by atoms with Gasteiger partial charge in [0, 0.05) is 31.7 Å². The molecule has 1 amide bonds. The lowest BCUT2D eigenvalue weighted by Crippen LogP contribution is -2.41. The maximum absolute atomic E-state index is 12.1. The molecule has 3 rings (SSSR count). The first-order valence-corrected chi connectivity index (χ1v) is 8.05. The maximum atomic E-state index is 12.1. The monoisotopic (exact) mass is 334 g/mol. The van der Waals surface area contributed by atoms with Crippen LogP contribution in [0.2, 0.25) is 5.02 Å². The highest BCUT2D eigenvalue weighted by Crippen LogP contribution is 2.28. The summed E-state index contributed by atoms with van der Waals surface area (Å²) in [5.74, 6) is 0.674. The Morgan fingerprint density at radius 2 is 1.96 bits per heavy atom. The van der Waals surface area contributed by atoms with Crippen molar-refractivity contribution in [3.63, 3.8) is 0 Å². The Morgan fingerprint density at radius 1 is 1.17 bits per heavy atom. The van der Waals surface area contributed by atoms with Crippen molar-refractivity contribution in [3.05, 3.63) is 47.2 Å². The summed E-state index contributed by atoms with van der Waals surface area (Å²) in [5.41, 5.74) is 0.779. The molecular weight excluding hydrogens is 316 g/mol. The molecule has 23 heavy (non-hydrogen) atoms. The molecule has 0 radical (unpaired) electrons. The molecular formula is C17H19ClN2O3. The van der Waals surface area contributed by atoms with Crippen LogP contribution in [0.5, 0.6) is 0 Å². The lowest BCUT2D eigenvalue weighted by Gasteiger charge is -2.26. The summed E-state index contributed by atoms with van der Waals surface area (Å²) < 4.78 is 10.9. The zero-order valence-corrected chi connectivity index (χ0v) is 13.5. The fourth-order valence-electron chi connectivity index (χ4n) is 2.51. The molecule has 0 saturated carbocycles. The van der Waals surface area contributed by atoms with Gasteiger partial charge in [0.15, 0.2) is 5.76 Å². The largest absolute Gasteiger partial charge is 0.451 e. The van der Waals surface area contributed by atoms with Crippen LogP contribution in [-0.4, -0.2) is 50.2 Å². The van der Waals surface area contributed by atoms with Crippen molar-refractivity contribution in [2.75, 3.05) is 39.4 Å². The number of halogens is 1. The highest BCUT2D eigenvalue weighted by molar-refractivity contribution is 6.33. The predicted molar refractivity (Wildman–Crippen MR) is 88.7 cm³/mol. The van der Waals surface area contributed by atoms with Crippen LogP contribution in [0.3, 0.4) is 0 Å². The molecule has 2 aromatic rings. The van der Waals surface area contributed by atoms with Gasteiger partial charge in [-0.25, -0.2) is 0 Å². The molecule has 5 nitrogen and oxygen atoms in total. The molecule has 0 bridgehead atoms. The highest BCUT2D eigenvalue weighted by atomic mass is 35.5. The summed E-state index contributed by atoms with van der Waals surface area (Å²) in [6.07, 6.45) is 0. The predicted octanol–water partition coefficient (Wildman–Crippen LogP) is 2.66. The third kappa shape index (κ3) is 4.13. The van der Waals surface area contributed by atoms with Crippen molar-refractivity contribution in [1.29, 1.82) is 0 Å². The van der Waals surface area contributed by atoms with E-state index in [2.05, 4.69) is 10.2 Å². The van der Waals surface area contributed by atoms with E-state index in [1.807, 2.05) is 18.2 Å². The van der Waals surface area contributed by atoms with Crippen molar-refractivity contribution in [2.45, 2.75) is 0 Å². The zero-order valence-electron chi connectivity index (χ0n) is 12.8. The quantitative estimate of drug-likeness (QED) is 0.913. The average molecular weight is 335 g/mol. The number of ether oxygens (including phenoxy) is 1. The Kier molecular flexibility index (Phi) is 5.33. The minimum Gasteiger partial charge on any atom is -0.451 e. The van der Waals surface area contributed by atoms with E-state index >= 15 is 0 Å². The van der Waals surface area contributed by atoms with Crippen LogP contribution in [0, 0.1) is 0 Å². The number of furan rings is 1. The van der Waals surface area contributed by atoms with E-state index in [1.165, 1.54) is 0 Å². The van der Waals surface area contributed by atoms with Gasteiger partial charge in [-0.3, -0.25) is 9.69 Å². The summed E-state index contributed by atoms with van der Waals surface area (Å²) in [4.78, 5) is 14.4. The number of carbonyl (C=O) groups excluding carboxylic acids is 1. The Hall–Kier alpha value is -1.82. The van der Waals surface area contributed by atoms with Crippen LogP contribution in [-0.2, 0) is 4.74 Å². The molecule has 1 aromatic carbocycles. The van der Waals surface area contributed by atoms with Gasteiger partial charge in [0.25, 0.3) is 5.91 Å². The minimum atomic E-state index is -0.212. The third-order valence-electron chi connectivity index (χ3n) is 3.79. The number of benzene rings is 1. The molecule has 1 aliphatic heterocycles. The van der Waals surface area contributed by atoms with Crippen molar-refractivity contribution < 1.29 is 13.9 Å². The summed E-state index contributed by atoms with van der Waals surface area (Å²) in [5, 5.41) is 3.48. The standard InChI is InChI=1S/C17H19ClN2O3/c18-14-4-2-1-3-13(14)15-5-6-16(23-15)17(21)19-7-8-20-9-11-22-12-10-20/h1-6H,7-12H2,(H,19,21). The van der Waals surface area contributed by atoms with E-state index in [-0.39, 0.29) is 5.91 Å². The SMILES string of the molecule is O=C(NCCN1CCOCC1)c1ccc(-c2ccccc2Cl)o1. The van der Waals surface area contributed by atoms with E-state index in [0.29, 0.717) is 23.1 Å². The first-order chi connectivity index (χ1) is 11.2. The Labute approximate surface area is 140 Å². The number of rotatable bonds is 5. The fourth-order valence-corrected chi connectivity index (χ4v) is 2.73. The van der Waals surface area contributed by atoms with Gasteiger partial charge in [-0.1, -0.05) is 23.7 Å². The van der Waals surface area contributed by atoms with Crippen LogP contribution in [0.25, 0.3) is 11.3 Å². The van der Waals surface area contributed by atoms with Gasteiger partial charge in [0.05, 0.1) is 18.2 Å². The van der Waals surface area contributed by atoms with E-state index in [9.17, 15) is 4.79 Å². The van der Waals surface area contributed by atoms with Crippen LogP contribution in [0.15, 0.2) is 40.8 Å². The molecule has 0 spiro atoms. The Bertz CT molecular complexity index is 665. The molecule has 0 unspecified atom stereocenters. The molecule has 1 saturated heterocycles. The van der Waals surface area contributed by atoms with Crippen molar-refractivity contribution >= 4 is 17.5 Å². The second-order valence-corrected chi connectivity index (χ2v) is 5.76. The first kappa shape index (κ1) is 16.1. The van der Waals surface area contributed by atoms with Crippen molar-refractivity contribution in [3.8, 4) is 11.3 Å². The molecule has 1 aliphatic rings. The number of morpholine rings is 1. The molecule has 1 fully saturated rings. The lowest BCUT2D eigenvalue weighted by atomic mass is 10.2. The molecule has 1 aromatic heterocycles. The van der Waals surface area contributed by atoms with Crippen molar-refractivity contribution in [2.24, 2.45) is 0 Å². The molecule has 0 atom stereocenters. The summed E-state index contributed by atoms with van der Waals surface area (Å²) >= 11 is 6.14. The minimum absolute atomic E-state index is 0.212. The fraction of sp³-hybridized carbons (Fsp3) is 0.353. The highest BCUT2D eigenvalue weighted by Gasteiger charge is 2.14. The Balaban J connectivity index is 1.55. The van der Waals surface area contributed by atoms with E-state index in [1.54, 1.807) is 18.2 Å². The summed E-state index contributed by atoms with van der Waals surface area (Å²) in [6.45, 7) is 4.73. The number of nitrogens with zero attached hydrogens (tertiary/aromatic N) is 1. The number of amides is 1. The molecule has 122 valence electrons. The number of hydrogen-bond donors (Lipinski definition) is 1. The first-order valence-electron chi connectivity index (χ1n) is 7.67. The molecule has 0 aliphatic carbocycles. The van der Waals surface area contributed by atoms with Gasteiger partial charge < -0.3 is 14.5 Å². The zero-order chi connectivity index (χ0) is 16.1. The van der Waals surface area contributed by atoms with Crippen LogP contribution in [0.1, 0.15) is 10.6 Å². The van der Waals surface area contributed by atoms with E-state index < -0.39 is 0 Å². The molecule has 2 heterocycles. The lowest BCUT2D eigenvalue weighted by molar-refractivity contribution is 0.0382. The summed E-state index contributed by atoms with van der Waals surface area (Å²) in [6, 6.07) is 10.8. The van der Waals surface area contributed by atoms with Gasteiger partial charge in [0.2, 0.25) is 0 Å². The van der Waals surface area contributed by atoms with Gasteiger partial charge in [-0.2, -0.15) is 0 Å². The van der Waals surface area contributed by atoms with Gasteiger partial charge in [-0.15, -0.1) is 0 Å². The average Bonchev–Trinajstić information content (AvgIpc) is 3.06. The van der Waals surface area contributed by atoms with Crippen LogP contribution < -0.4 is 5.32 Å². The topological polar surface area (TPSA) is 54.7 Å². The normalized spacial score (nSPS) is 15.5. The van der Waals surface area contributed by atoms with E-state index in [4.69, 9.17) is 20.8 Å². The van der Waals surface area contributed by atoms with Crippen molar-refractivity contribution in [1.82, 2.24) is 10.2 Å². The second-order valence-electron chi connectivity index (χ2n) is 5.35. The van der Waals surface area contributed by atoms with Gasteiger partial charge in [0.1, 0.15) is 5.76 Å². The smallest absolute Gasteiger partial charge is 0.287 e. The maximum Gasteiger partial charge on any atom is 0.287 e. The van der Waals surface area contributed by atoms with Gasteiger partial charge >= 0.3 is 0 Å². The number of hydrogen-bond acceptors (Lipinski definition) is 4. The molecule has 1 N–H and O–H groups in total. The Morgan fingerprint density at radius 3 is 2.74 bits per heavy atom. The number of carbonyl (C=O) groups is 1. The second kappa shape index (κ2) is 7.64. The molecule has 6 heteroatoms. The number of nitrogens with one attached hydrogen (secondary N) is 1. The van der Waals surface area contributed by atoms with E-state index in [0.717, 1.165) is 38.4 Å².